The molecule has 0 aliphatic rings. The Morgan fingerprint density at radius 1 is 1.17 bits per heavy atom. The molecule has 0 bridgehead atoms. The van der Waals surface area contributed by atoms with Crippen molar-refractivity contribution >= 4 is 5.91 Å². The lowest BCUT2D eigenvalue weighted by molar-refractivity contribution is -0.121. The van der Waals surface area contributed by atoms with Crippen LogP contribution in [0, 0.1) is 6.92 Å². The first kappa shape index (κ1) is 15.7. The number of carbonyl (C=O) groups is 1. The Bertz CT molecular complexity index is 899. The van der Waals surface area contributed by atoms with E-state index in [1.54, 1.807) is 19.1 Å². The van der Waals surface area contributed by atoms with E-state index < -0.39 is 0 Å². The van der Waals surface area contributed by atoms with Gasteiger partial charge in [0, 0.05) is 12.6 Å². The monoisotopic (exact) mass is 324 g/mol. The van der Waals surface area contributed by atoms with Gasteiger partial charge in [-0.05, 0) is 18.6 Å². The van der Waals surface area contributed by atoms with Crippen molar-refractivity contribution in [2.75, 3.05) is 0 Å². The number of hydrogen-bond donors (Lipinski definition) is 1. The molecule has 0 unspecified atom stereocenters. The van der Waals surface area contributed by atoms with Gasteiger partial charge in [-0.25, -0.2) is 0 Å². The van der Waals surface area contributed by atoms with Gasteiger partial charge < -0.3 is 9.84 Å². The molecule has 0 aliphatic carbocycles. The largest absolute Gasteiger partial charge is 0.350 e. The van der Waals surface area contributed by atoms with Crippen LogP contribution >= 0.6 is 0 Å². The fourth-order valence-electron chi connectivity index (χ4n) is 2.27. The third-order valence-corrected chi connectivity index (χ3v) is 3.43. The zero-order valence-electron chi connectivity index (χ0n) is 13.1. The van der Waals surface area contributed by atoms with Gasteiger partial charge in [0.1, 0.15) is 12.2 Å². The van der Waals surface area contributed by atoms with E-state index in [1.807, 2.05) is 30.3 Å². The highest BCUT2D eigenvalue weighted by molar-refractivity contribution is 5.76. The zero-order chi connectivity index (χ0) is 16.9. The number of nitrogens with one attached hydrogen (secondary N) is 1. The number of amides is 1. The van der Waals surface area contributed by atoms with Crippen LogP contribution < -0.4 is 10.9 Å². The van der Waals surface area contributed by atoms with E-state index in [2.05, 4.69) is 15.5 Å². The maximum absolute atomic E-state index is 12.2. The van der Waals surface area contributed by atoms with Crippen LogP contribution in [0.2, 0.25) is 0 Å². The van der Waals surface area contributed by atoms with Crippen LogP contribution in [-0.2, 0) is 17.9 Å². The molecule has 0 radical (unpaired) electrons. The maximum atomic E-state index is 12.2. The Balaban J connectivity index is 1.77. The van der Waals surface area contributed by atoms with E-state index in [0.29, 0.717) is 18.1 Å². The van der Waals surface area contributed by atoms with Crippen LogP contribution in [0.5, 0.6) is 0 Å². The third-order valence-electron chi connectivity index (χ3n) is 3.43. The van der Waals surface area contributed by atoms with Gasteiger partial charge in [-0.15, -0.1) is 0 Å². The molecule has 2 heterocycles. The van der Waals surface area contributed by atoms with Gasteiger partial charge in [-0.3, -0.25) is 14.2 Å². The fourth-order valence-corrected chi connectivity index (χ4v) is 2.27. The Kier molecular flexibility index (Phi) is 4.51. The summed E-state index contributed by atoms with van der Waals surface area (Å²) in [6.07, 6.45) is 0. The van der Waals surface area contributed by atoms with Crippen LogP contribution in [0.15, 0.2) is 57.8 Å². The molecule has 3 aromatic rings. The van der Waals surface area contributed by atoms with Crippen LogP contribution in [0.3, 0.4) is 0 Å². The topological polar surface area (TPSA) is 90.0 Å². The molecule has 24 heavy (non-hydrogen) atoms. The maximum Gasteiger partial charge on any atom is 0.274 e. The molecule has 1 N–H and O–H groups in total. The summed E-state index contributed by atoms with van der Waals surface area (Å²) in [6, 6.07) is 14.2. The van der Waals surface area contributed by atoms with Crippen molar-refractivity contribution in [1.29, 1.82) is 0 Å². The number of aryl methyl sites for hydroxylation is 1. The molecule has 1 amide bonds. The lowest BCUT2D eigenvalue weighted by atomic mass is 10.2. The molecule has 0 aliphatic heterocycles. The number of aromatic nitrogens is 3. The van der Waals surface area contributed by atoms with Crippen molar-refractivity contribution < 1.29 is 9.32 Å². The lowest BCUT2D eigenvalue weighted by Crippen LogP contribution is -2.32. The Labute approximate surface area is 137 Å². The molecule has 2 aromatic heterocycles. The summed E-state index contributed by atoms with van der Waals surface area (Å²) in [4.78, 5) is 28.4. The molecule has 0 atom stereocenters. The van der Waals surface area contributed by atoms with Crippen molar-refractivity contribution in [3.63, 3.8) is 0 Å². The van der Waals surface area contributed by atoms with Gasteiger partial charge in [-0.2, -0.15) is 4.98 Å². The predicted molar refractivity (Wildman–Crippen MR) is 87.0 cm³/mol. The summed E-state index contributed by atoms with van der Waals surface area (Å²) < 4.78 is 6.42. The highest BCUT2D eigenvalue weighted by atomic mass is 16.5. The molecule has 3 rings (SSSR count). The molecular formula is C17H16N4O3. The summed E-state index contributed by atoms with van der Waals surface area (Å²) in [6.45, 7) is 1.96. The first-order valence-corrected chi connectivity index (χ1v) is 7.44. The van der Waals surface area contributed by atoms with Crippen LogP contribution in [0.25, 0.3) is 11.6 Å². The van der Waals surface area contributed by atoms with E-state index in [4.69, 9.17) is 4.52 Å². The van der Waals surface area contributed by atoms with Gasteiger partial charge in [0.25, 0.3) is 11.4 Å². The second-order valence-corrected chi connectivity index (χ2v) is 5.24. The molecule has 7 nitrogen and oxygen atoms in total. The van der Waals surface area contributed by atoms with E-state index in [0.717, 1.165) is 5.56 Å². The number of benzene rings is 1. The summed E-state index contributed by atoms with van der Waals surface area (Å²) in [5.74, 6) is 0.395. The standard InChI is InChI=1S/C17H16N4O3/c1-12-19-17(24-20-12)14-8-5-9-16(23)21(14)11-15(22)18-10-13-6-3-2-4-7-13/h2-9H,10-11H2,1H3,(H,18,22). The molecule has 7 heteroatoms. The minimum absolute atomic E-state index is 0.122. The lowest BCUT2D eigenvalue weighted by Gasteiger charge is -2.10. The van der Waals surface area contributed by atoms with E-state index in [1.165, 1.54) is 10.6 Å². The fraction of sp³-hybridized carbons (Fsp3) is 0.176. The second kappa shape index (κ2) is 6.91. The molecule has 0 spiro atoms. The highest BCUT2D eigenvalue weighted by Gasteiger charge is 2.14. The summed E-state index contributed by atoms with van der Waals surface area (Å²) in [5.41, 5.74) is 1.09. The zero-order valence-corrected chi connectivity index (χ0v) is 13.1. The van der Waals surface area contributed by atoms with Crippen molar-refractivity contribution in [1.82, 2.24) is 20.0 Å². The van der Waals surface area contributed by atoms with Crippen LogP contribution in [-0.4, -0.2) is 20.6 Å². The van der Waals surface area contributed by atoms with Crippen molar-refractivity contribution in [3.05, 3.63) is 70.3 Å². The minimum Gasteiger partial charge on any atom is -0.350 e. The normalized spacial score (nSPS) is 10.5. The molecular weight excluding hydrogens is 308 g/mol. The molecule has 0 fully saturated rings. The van der Waals surface area contributed by atoms with E-state index >= 15 is 0 Å². The quantitative estimate of drug-likeness (QED) is 0.768. The van der Waals surface area contributed by atoms with Crippen molar-refractivity contribution in [2.24, 2.45) is 0 Å². The number of pyridine rings is 1. The Morgan fingerprint density at radius 3 is 2.67 bits per heavy atom. The molecule has 0 saturated heterocycles. The summed E-state index contributed by atoms with van der Waals surface area (Å²) in [5, 5.41) is 6.51. The van der Waals surface area contributed by atoms with Crippen molar-refractivity contribution in [2.45, 2.75) is 20.0 Å². The van der Waals surface area contributed by atoms with Gasteiger partial charge >= 0.3 is 0 Å². The molecule has 122 valence electrons. The number of rotatable bonds is 5. The summed E-state index contributed by atoms with van der Waals surface area (Å²) >= 11 is 0. The minimum atomic E-state index is -0.307. The highest BCUT2D eigenvalue weighted by Crippen LogP contribution is 2.15. The van der Waals surface area contributed by atoms with Gasteiger partial charge in [0.05, 0.1) is 0 Å². The summed E-state index contributed by atoms with van der Waals surface area (Å²) in [7, 11) is 0. The van der Waals surface area contributed by atoms with Gasteiger partial charge in [-0.1, -0.05) is 41.6 Å². The first-order valence-electron chi connectivity index (χ1n) is 7.44. The Morgan fingerprint density at radius 2 is 1.96 bits per heavy atom. The van der Waals surface area contributed by atoms with Crippen LogP contribution in [0.1, 0.15) is 11.4 Å². The molecule has 0 saturated carbocycles. The number of carbonyl (C=O) groups excluding carboxylic acids is 1. The van der Waals surface area contributed by atoms with Crippen LogP contribution in [0.4, 0.5) is 0 Å². The van der Waals surface area contributed by atoms with Gasteiger partial charge in [0.15, 0.2) is 5.82 Å². The number of nitrogens with zero attached hydrogens (tertiary/aromatic N) is 3. The second-order valence-electron chi connectivity index (χ2n) is 5.24. The Hall–Kier alpha value is -3.22. The average molecular weight is 324 g/mol. The SMILES string of the molecule is Cc1noc(-c2cccc(=O)n2CC(=O)NCc2ccccc2)n1. The van der Waals surface area contributed by atoms with E-state index in [9.17, 15) is 9.59 Å². The van der Waals surface area contributed by atoms with Gasteiger partial charge in [0.2, 0.25) is 5.91 Å². The smallest absolute Gasteiger partial charge is 0.274 e. The first-order chi connectivity index (χ1) is 11.6. The van der Waals surface area contributed by atoms with E-state index in [-0.39, 0.29) is 23.9 Å². The predicted octanol–water partition coefficient (Wildman–Crippen LogP) is 1.52. The third kappa shape index (κ3) is 3.57. The molecule has 1 aromatic carbocycles. The number of hydrogen-bond acceptors (Lipinski definition) is 5. The average Bonchev–Trinajstić information content (AvgIpc) is 3.02. The van der Waals surface area contributed by atoms with Crippen molar-refractivity contribution in [3.8, 4) is 11.6 Å².